The first-order valence-corrected chi connectivity index (χ1v) is 8.76. The summed E-state index contributed by atoms with van der Waals surface area (Å²) in [4.78, 5) is 0. The zero-order chi connectivity index (χ0) is 18.5. The van der Waals surface area contributed by atoms with Crippen molar-refractivity contribution in [3.63, 3.8) is 0 Å². The van der Waals surface area contributed by atoms with E-state index in [0.29, 0.717) is 6.61 Å². The lowest BCUT2D eigenvalue weighted by Gasteiger charge is -2.15. The minimum atomic E-state index is 0.550. The van der Waals surface area contributed by atoms with Crippen molar-refractivity contribution in [3.05, 3.63) is 77.4 Å². The molecule has 3 aromatic carbocycles. The SMILES string of the molecule is CNc1cccc(C)c1OCc1ccc(-c2ccc(OC)cc2)cc1C. The first kappa shape index (κ1) is 17.9. The molecule has 0 fully saturated rings. The van der Waals surface area contributed by atoms with Crippen LogP contribution >= 0.6 is 0 Å². The normalized spacial score (nSPS) is 10.5. The molecule has 26 heavy (non-hydrogen) atoms. The van der Waals surface area contributed by atoms with Crippen molar-refractivity contribution < 1.29 is 9.47 Å². The fourth-order valence-electron chi connectivity index (χ4n) is 3.01. The highest BCUT2D eigenvalue weighted by molar-refractivity contribution is 5.65. The summed E-state index contributed by atoms with van der Waals surface area (Å²) in [5, 5.41) is 3.19. The van der Waals surface area contributed by atoms with Crippen LogP contribution < -0.4 is 14.8 Å². The largest absolute Gasteiger partial charge is 0.497 e. The molecule has 0 unspecified atom stereocenters. The van der Waals surface area contributed by atoms with Crippen LogP contribution in [0.4, 0.5) is 5.69 Å². The van der Waals surface area contributed by atoms with Gasteiger partial charge < -0.3 is 14.8 Å². The van der Waals surface area contributed by atoms with E-state index in [2.05, 4.69) is 55.6 Å². The summed E-state index contributed by atoms with van der Waals surface area (Å²) in [6.07, 6.45) is 0. The number of ether oxygens (including phenoxy) is 2. The van der Waals surface area contributed by atoms with Crippen LogP contribution in [0.15, 0.2) is 60.7 Å². The molecule has 0 saturated heterocycles. The van der Waals surface area contributed by atoms with Crippen LogP contribution in [0.3, 0.4) is 0 Å². The average Bonchev–Trinajstić information content (AvgIpc) is 2.67. The van der Waals surface area contributed by atoms with Gasteiger partial charge in [-0.1, -0.05) is 42.5 Å². The molecular weight excluding hydrogens is 322 g/mol. The predicted octanol–water partition coefficient (Wildman–Crippen LogP) is 5.60. The molecule has 0 aromatic heterocycles. The second-order valence-electron chi connectivity index (χ2n) is 6.36. The van der Waals surface area contributed by atoms with E-state index in [1.54, 1.807) is 7.11 Å². The topological polar surface area (TPSA) is 30.5 Å². The minimum absolute atomic E-state index is 0.550. The van der Waals surface area contributed by atoms with E-state index in [1.807, 2.05) is 31.3 Å². The van der Waals surface area contributed by atoms with Gasteiger partial charge in [0.2, 0.25) is 0 Å². The van der Waals surface area contributed by atoms with E-state index in [9.17, 15) is 0 Å². The number of nitrogens with one attached hydrogen (secondary N) is 1. The smallest absolute Gasteiger partial charge is 0.145 e. The summed E-state index contributed by atoms with van der Waals surface area (Å²) < 4.78 is 11.4. The Hall–Kier alpha value is -2.94. The Morgan fingerprint density at radius 1 is 0.846 bits per heavy atom. The Morgan fingerprint density at radius 3 is 2.23 bits per heavy atom. The standard InChI is InChI=1S/C23H25NO2/c1-16-6-5-7-22(24-3)23(16)26-15-20-9-8-19(14-17(20)2)18-10-12-21(25-4)13-11-18/h5-14,24H,15H2,1-4H3. The third-order valence-corrected chi connectivity index (χ3v) is 4.62. The fraction of sp³-hybridized carbons (Fsp3) is 0.217. The lowest BCUT2D eigenvalue weighted by Crippen LogP contribution is -2.02. The molecule has 0 atom stereocenters. The van der Waals surface area contributed by atoms with E-state index in [0.717, 1.165) is 22.7 Å². The molecule has 0 saturated carbocycles. The fourth-order valence-corrected chi connectivity index (χ4v) is 3.01. The van der Waals surface area contributed by atoms with Gasteiger partial charge in [0.15, 0.2) is 0 Å². The zero-order valence-electron chi connectivity index (χ0n) is 15.8. The second kappa shape index (κ2) is 7.96. The maximum absolute atomic E-state index is 6.12. The Labute approximate surface area is 155 Å². The minimum Gasteiger partial charge on any atom is -0.497 e. The molecule has 0 heterocycles. The number of hydrogen-bond donors (Lipinski definition) is 1. The summed E-state index contributed by atoms with van der Waals surface area (Å²) in [6, 6.07) is 20.7. The predicted molar refractivity (Wildman–Crippen MR) is 108 cm³/mol. The van der Waals surface area contributed by atoms with Crippen LogP contribution in [0, 0.1) is 13.8 Å². The highest BCUT2D eigenvalue weighted by atomic mass is 16.5. The van der Waals surface area contributed by atoms with E-state index in [4.69, 9.17) is 9.47 Å². The summed E-state index contributed by atoms with van der Waals surface area (Å²) in [5.41, 5.74) is 6.92. The highest BCUT2D eigenvalue weighted by Gasteiger charge is 2.08. The number of hydrogen-bond acceptors (Lipinski definition) is 3. The average molecular weight is 347 g/mol. The quantitative estimate of drug-likeness (QED) is 0.629. The Bertz CT molecular complexity index is 885. The van der Waals surface area contributed by atoms with Crippen molar-refractivity contribution >= 4 is 5.69 Å². The van der Waals surface area contributed by atoms with Gasteiger partial charge in [0.05, 0.1) is 12.8 Å². The lowest BCUT2D eigenvalue weighted by molar-refractivity contribution is 0.305. The molecule has 0 amide bonds. The molecule has 3 rings (SSSR count). The number of benzene rings is 3. The molecule has 3 aromatic rings. The Balaban J connectivity index is 1.78. The van der Waals surface area contributed by atoms with Gasteiger partial charge in [-0.05, 0) is 59.9 Å². The number of anilines is 1. The third-order valence-electron chi connectivity index (χ3n) is 4.62. The van der Waals surface area contributed by atoms with E-state index in [1.165, 1.54) is 22.3 Å². The van der Waals surface area contributed by atoms with Crippen molar-refractivity contribution in [3.8, 4) is 22.6 Å². The molecule has 0 bridgehead atoms. The molecule has 134 valence electrons. The number of methoxy groups -OCH3 is 1. The van der Waals surface area contributed by atoms with Crippen LogP contribution in [0.25, 0.3) is 11.1 Å². The van der Waals surface area contributed by atoms with Crippen molar-refractivity contribution in [1.82, 2.24) is 0 Å². The van der Waals surface area contributed by atoms with Gasteiger partial charge >= 0.3 is 0 Å². The molecule has 0 radical (unpaired) electrons. The maximum Gasteiger partial charge on any atom is 0.145 e. The highest BCUT2D eigenvalue weighted by Crippen LogP contribution is 2.30. The Kier molecular flexibility index (Phi) is 5.47. The van der Waals surface area contributed by atoms with Crippen molar-refractivity contribution in [2.45, 2.75) is 20.5 Å². The second-order valence-corrected chi connectivity index (χ2v) is 6.36. The van der Waals surface area contributed by atoms with E-state index >= 15 is 0 Å². The molecule has 0 aliphatic rings. The van der Waals surface area contributed by atoms with Gasteiger partial charge in [0.25, 0.3) is 0 Å². The molecule has 3 heteroatoms. The van der Waals surface area contributed by atoms with Crippen molar-refractivity contribution in [2.24, 2.45) is 0 Å². The molecule has 3 nitrogen and oxygen atoms in total. The van der Waals surface area contributed by atoms with Gasteiger partial charge in [0, 0.05) is 7.05 Å². The van der Waals surface area contributed by atoms with Gasteiger partial charge in [-0.2, -0.15) is 0 Å². The molecular formula is C23H25NO2. The number of rotatable bonds is 6. The van der Waals surface area contributed by atoms with Crippen LogP contribution in [0.1, 0.15) is 16.7 Å². The Morgan fingerprint density at radius 2 is 1.58 bits per heavy atom. The maximum atomic E-state index is 6.12. The molecule has 0 aliphatic heterocycles. The summed E-state index contributed by atoms with van der Waals surface area (Å²) >= 11 is 0. The van der Waals surface area contributed by atoms with Crippen LogP contribution in [0.5, 0.6) is 11.5 Å². The van der Waals surface area contributed by atoms with Crippen LogP contribution in [-0.4, -0.2) is 14.2 Å². The monoisotopic (exact) mass is 347 g/mol. The van der Waals surface area contributed by atoms with E-state index in [-0.39, 0.29) is 0 Å². The first-order chi connectivity index (χ1) is 12.6. The zero-order valence-corrected chi connectivity index (χ0v) is 15.8. The van der Waals surface area contributed by atoms with Gasteiger partial charge in [-0.3, -0.25) is 0 Å². The summed E-state index contributed by atoms with van der Waals surface area (Å²) in [6.45, 7) is 4.74. The summed E-state index contributed by atoms with van der Waals surface area (Å²) in [5.74, 6) is 1.78. The van der Waals surface area contributed by atoms with E-state index < -0.39 is 0 Å². The molecule has 1 N–H and O–H groups in total. The van der Waals surface area contributed by atoms with Gasteiger partial charge in [0.1, 0.15) is 18.1 Å². The molecule has 0 aliphatic carbocycles. The van der Waals surface area contributed by atoms with Gasteiger partial charge in [-0.15, -0.1) is 0 Å². The van der Waals surface area contributed by atoms with Crippen molar-refractivity contribution in [1.29, 1.82) is 0 Å². The van der Waals surface area contributed by atoms with Crippen LogP contribution in [-0.2, 0) is 6.61 Å². The lowest BCUT2D eigenvalue weighted by atomic mass is 10.00. The van der Waals surface area contributed by atoms with Crippen molar-refractivity contribution in [2.75, 3.05) is 19.5 Å². The number of aryl methyl sites for hydroxylation is 2. The van der Waals surface area contributed by atoms with Gasteiger partial charge in [-0.25, -0.2) is 0 Å². The number of para-hydroxylation sites is 1. The third kappa shape index (κ3) is 3.83. The van der Waals surface area contributed by atoms with Crippen LogP contribution in [0.2, 0.25) is 0 Å². The molecule has 0 spiro atoms. The summed E-state index contributed by atoms with van der Waals surface area (Å²) in [7, 11) is 3.60. The first-order valence-electron chi connectivity index (χ1n) is 8.76.